The Labute approximate surface area is 257 Å². The van der Waals surface area contributed by atoms with E-state index in [0.29, 0.717) is 22.9 Å². The first kappa shape index (κ1) is 31.6. The van der Waals surface area contributed by atoms with Crippen LogP contribution in [0.5, 0.6) is 5.75 Å². The summed E-state index contributed by atoms with van der Waals surface area (Å²) in [5.74, 6) is -0.504. The van der Waals surface area contributed by atoms with E-state index in [-0.39, 0.29) is 29.5 Å². The molecule has 224 valence electrons. The molecule has 8 nitrogen and oxygen atoms in total. The van der Waals surface area contributed by atoms with Crippen molar-refractivity contribution in [2.45, 2.75) is 30.8 Å². The SMILES string of the molecule is CCNC(=O)C(Cc1ccccc1)N(Cc1ccccc1Cl)C(=O)CN(c1cccc(OC)c1)S(=O)(=O)c1ccccc1. The summed E-state index contributed by atoms with van der Waals surface area (Å²) in [6.45, 7) is 1.58. The van der Waals surface area contributed by atoms with Crippen LogP contribution in [0.2, 0.25) is 5.02 Å². The van der Waals surface area contributed by atoms with Crippen molar-refractivity contribution in [3.8, 4) is 5.75 Å². The van der Waals surface area contributed by atoms with Gasteiger partial charge in [0.25, 0.3) is 10.0 Å². The van der Waals surface area contributed by atoms with Crippen molar-refractivity contribution in [1.29, 1.82) is 0 Å². The van der Waals surface area contributed by atoms with Crippen LogP contribution in [0.25, 0.3) is 0 Å². The zero-order valence-corrected chi connectivity index (χ0v) is 25.6. The molecule has 0 aromatic heterocycles. The summed E-state index contributed by atoms with van der Waals surface area (Å²) in [7, 11) is -2.72. The van der Waals surface area contributed by atoms with Gasteiger partial charge in [-0.05, 0) is 48.4 Å². The lowest BCUT2D eigenvalue weighted by Crippen LogP contribution is -2.53. The molecule has 0 aliphatic heterocycles. The molecule has 0 aliphatic rings. The van der Waals surface area contributed by atoms with E-state index in [9.17, 15) is 18.0 Å². The second kappa shape index (κ2) is 14.7. The van der Waals surface area contributed by atoms with Gasteiger partial charge in [0.1, 0.15) is 18.3 Å². The third-order valence-electron chi connectivity index (χ3n) is 6.87. The molecule has 0 heterocycles. The number of rotatable bonds is 13. The van der Waals surface area contributed by atoms with E-state index >= 15 is 0 Å². The second-order valence-corrected chi connectivity index (χ2v) is 12.0. The van der Waals surface area contributed by atoms with Crippen molar-refractivity contribution < 1.29 is 22.7 Å². The quantitative estimate of drug-likeness (QED) is 0.219. The van der Waals surface area contributed by atoms with Gasteiger partial charge in [-0.3, -0.25) is 13.9 Å². The van der Waals surface area contributed by atoms with E-state index in [1.165, 1.54) is 24.1 Å². The zero-order chi connectivity index (χ0) is 30.8. The van der Waals surface area contributed by atoms with Crippen LogP contribution in [0.1, 0.15) is 18.1 Å². The topological polar surface area (TPSA) is 96.0 Å². The van der Waals surface area contributed by atoms with Crippen molar-refractivity contribution in [3.05, 3.63) is 125 Å². The molecular weight excluding hydrogens is 586 g/mol. The summed E-state index contributed by atoms with van der Waals surface area (Å²) in [6, 6.07) is 29.9. The number of sulfonamides is 1. The van der Waals surface area contributed by atoms with Gasteiger partial charge >= 0.3 is 0 Å². The van der Waals surface area contributed by atoms with E-state index in [1.807, 2.05) is 30.3 Å². The van der Waals surface area contributed by atoms with Crippen LogP contribution in [0.15, 0.2) is 114 Å². The van der Waals surface area contributed by atoms with Gasteiger partial charge in [0.15, 0.2) is 0 Å². The Morgan fingerprint density at radius 2 is 1.53 bits per heavy atom. The summed E-state index contributed by atoms with van der Waals surface area (Å²) in [5.41, 5.74) is 1.71. The van der Waals surface area contributed by atoms with Crippen LogP contribution in [0.4, 0.5) is 5.69 Å². The molecule has 0 radical (unpaired) electrons. The molecular formula is C33H34ClN3O5S. The number of methoxy groups -OCH3 is 1. The highest BCUT2D eigenvalue weighted by molar-refractivity contribution is 7.92. The molecule has 1 atom stereocenters. The fraction of sp³-hybridized carbons (Fsp3) is 0.212. The number of hydrogen-bond acceptors (Lipinski definition) is 5. The van der Waals surface area contributed by atoms with Crippen LogP contribution in [-0.2, 0) is 32.6 Å². The Morgan fingerprint density at radius 1 is 0.884 bits per heavy atom. The van der Waals surface area contributed by atoms with Gasteiger partial charge in [-0.2, -0.15) is 0 Å². The van der Waals surface area contributed by atoms with Gasteiger partial charge < -0.3 is 15.0 Å². The van der Waals surface area contributed by atoms with Crippen molar-refractivity contribution in [2.75, 3.05) is 24.5 Å². The van der Waals surface area contributed by atoms with Gasteiger partial charge in [-0.25, -0.2) is 8.42 Å². The lowest BCUT2D eigenvalue weighted by atomic mass is 10.0. The summed E-state index contributed by atoms with van der Waals surface area (Å²) < 4.78 is 34.4. The van der Waals surface area contributed by atoms with E-state index in [1.54, 1.807) is 73.7 Å². The second-order valence-electron chi connectivity index (χ2n) is 9.74. The number of nitrogens with one attached hydrogen (secondary N) is 1. The summed E-state index contributed by atoms with van der Waals surface area (Å²) in [5, 5.41) is 3.27. The minimum Gasteiger partial charge on any atom is -0.497 e. The number of nitrogens with zero attached hydrogens (tertiary/aromatic N) is 2. The molecule has 0 saturated heterocycles. The van der Waals surface area contributed by atoms with Gasteiger partial charge in [-0.15, -0.1) is 0 Å². The molecule has 4 aromatic carbocycles. The van der Waals surface area contributed by atoms with E-state index < -0.39 is 28.5 Å². The van der Waals surface area contributed by atoms with Gasteiger partial charge in [0.05, 0.1) is 17.7 Å². The maximum absolute atomic E-state index is 14.4. The zero-order valence-electron chi connectivity index (χ0n) is 24.0. The Kier molecular flexibility index (Phi) is 10.8. The molecule has 0 spiro atoms. The third-order valence-corrected chi connectivity index (χ3v) is 9.03. The van der Waals surface area contributed by atoms with Crippen LogP contribution < -0.4 is 14.4 Å². The minimum atomic E-state index is -4.20. The lowest BCUT2D eigenvalue weighted by molar-refractivity contribution is -0.140. The van der Waals surface area contributed by atoms with E-state index in [2.05, 4.69) is 5.32 Å². The fourth-order valence-electron chi connectivity index (χ4n) is 4.67. The average molecular weight is 620 g/mol. The number of carbonyl (C=O) groups is 2. The van der Waals surface area contributed by atoms with E-state index in [4.69, 9.17) is 16.3 Å². The fourth-order valence-corrected chi connectivity index (χ4v) is 6.29. The van der Waals surface area contributed by atoms with Crippen molar-refractivity contribution >= 4 is 39.1 Å². The summed E-state index contributed by atoms with van der Waals surface area (Å²) >= 11 is 6.51. The monoisotopic (exact) mass is 619 g/mol. The number of benzene rings is 4. The number of ether oxygens (including phenoxy) is 1. The van der Waals surface area contributed by atoms with Crippen LogP contribution in [0, 0.1) is 0 Å². The molecule has 1 N–H and O–H groups in total. The Bertz CT molecular complexity index is 1630. The van der Waals surface area contributed by atoms with Crippen molar-refractivity contribution in [2.24, 2.45) is 0 Å². The van der Waals surface area contributed by atoms with Crippen LogP contribution >= 0.6 is 11.6 Å². The molecule has 0 aliphatic carbocycles. The van der Waals surface area contributed by atoms with Crippen molar-refractivity contribution in [1.82, 2.24) is 10.2 Å². The first-order valence-electron chi connectivity index (χ1n) is 13.8. The van der Waals surface area contributed by atoms with Crippen LogP contribution in [-0.4, -0.2) is 51.4 Å². The minimum absolute atomic E-state index is 0.00945. The van der Waals surface area contributed by atoms with Crippen LogP contribution in [0.3, 0.4) is 0 Å². The molecule has 43 heavy (non-hydrogen) atoms. The molecule has 0 saturated carbocycles. The Hall–Kier alpha value is -4.34. The molecule has 0 bridgehead atoms. The number of likely N-dealkylation sites (N-methyl/N-ethyl adjacent to an activating group) is 1. The predicted molar refractivity (Wildman–Crippen MR) is 169 cm³/mol. The molecule has 4 aromatic rings. The Balaban J connectivity index is 1.81. The standard InChI is InChI=1S/C33H34ClN3O5S/c1-3-35-33(39)31(21-25-13-6-4-7-14-25)36(23-26-15-10-11-20-30(26)34)32(38)24-37(27-16-12-17-28(22-27)42-2)43(40,41)29-18-8-5-9-19-29/h4-20,22,31H,3,21,23-24H2,1-2H3,(H,35,39). The number of anilines is 1. The van der Waals surface area contributed by atoms with Gasteiger partial charge in [0.2, 0.25) is 11.8 Å². The molecule has 2 amide bonds. The maximum atomic E-state index is 14.4. The smallest absolute Gasteiger partial charge is 0.264 e. The number of hydrogen-bond donors (Lipinski definition) is 1. The Morgan fingerprint density at radius 3 is 2.19 bits per heavy atom. The highest BCUT2D eigenvalue weighted by atomic mass is 35.5. The summed E-state index contributed by atoms with van der Waals surface area (Å²) in [4.78, 5) is 29.4. The lowest BCUT2D eigenvalue weighted by Gasteiger charge is -2.34. The van der Waals surface area contributed by atoms with Crippen molar-refractivity contribution in [3.63, 3.8) is 0 Å². The number of halogens is 1. The predicted octanol–water partition coefficient (Wildman–Crippen LogP) is 5.32. The molecule has 4 rings (SSSR count). The molecule has 10 heteroatoms. The first-order chi connectivity index (χ1) is 20.7. The average Bonchev–Trinajstić information content (AvgIpc) is 3.03. The van der Waals surface area contributed by atoms with Gasteiger partial charge in [0, 0.05) is 30.6 Å². The number of amides is 2. The first-order valence-corrected chi connectivity index (χ1v) is 15.6. The van der Waals surface area contributed by atoms with Gasteiger partial charge in [-0.1, -0.05) is 84.4 Å². The highest BCUT2D eigenvalue weighted by Crippen LogP contribution is 2.28. The molecule has 1 unspecified atom stereocenters. The highest BCUT2D eigenvalue weighted by Gasteiger charge is 2.34. The largest absolute Gasteiger partial charge is 0.497 e. The number of carbonyl (C=O) groups excluding carboxylic acids is 2. The molecule has 0 fully saturated rings. The van der Waals surface area contributed by atoms with E-state index in [0.717, 1.165) is 9.87 Å². The summed E-state index contributed by atoms with van der Waals surface area (Å²) in [6.07, 6.45) is 0.216. The third kappa shape index (κ3) is 7.94. The maximum Gasteiger partial charge on any atom is 0.264 e. The normalized spacial score (nSPS) is 11.8.